The second-order valence-corrected chi connectivity index (χ2v) is 7.92. The summed E-state index contributed by atoms with van der Waals surface area (Å²) in [4.78, 5) is 16.6. The van der Waals surface area contributed by atoms with Gasteiger partial charge in [-0.3, -0.25) is 4.79 Å². The molecule has 4 rings (SSSR count). The van der Waals surface area contributed by atoms with Crippen molar-refractivity contribution in [3.8, 4) is 5.75 Å². The average molecular weight is 530 g/mol. The molecule has 0 radical (unpaired) electrons. The predicted molar refractivity (Wildman–Crippen MR) is 113 cm³/mol. The number of nitrogens with one attached hydrogen (secondary N) is 1. The van der Waals surface area contributed by atoms with Gasteiger partial charge in [-0.15, -0.1) is 0 Å². The monoisotopic (exact) mass is 528 g/mol. The van der Waals surface area contributed by atoms with Gasteiger partial charge in [0.1, 0.15) is 16.5 Å². The average Bonchev–Trinajstić information content (AvgIpc) is 3.31. The molecule has 0 saturated carbocycles. The molecule has 0 spiro atoms. The molecule has 8 nitrogen and oxygen atoms in total. The molecule has 0 fully saturated rings. The van der Waals surface area contributed by atoms with Crippen molar-refractivity contribution in [1.29, 1.82) is 0 Å². The minimum Gasteiger partial charge on any atom is -0.471 e. The Balaban J connectivity index is 1.52. The second-order valence-electron chi connectivity index (χ2n) is 6.63. The zero-order valence-electron chi connectivity index (χ0n) is 16.2. The van der Waals surface area contributed by atoms with Crippen LogP contribution in [0.25, 0.3) is 5.65 Å². The summed E-state index contributed by atoms with van der Waals surface area (Å²) in [6.45, 7) is 1.47. The molecule has 13 heteroatoms. The Morgan fingerprint density at radius 3 is 2.69 bits per heavy atom. The van der Waals surface area contributed by atoms with E-state index < -0.39 is 23.5 Å². The lowest BCUT2D eigenvalue weighted by Crippen LogP contribution is -2.15. The molecule has 4 aromatic rings. The van der Waals surface area contributed by atoms with Crippen LogP contribution in [0.3, 0.4) is 0 Å². The van der Waals surface area contributed by atoms with Gasteiger partial charge in [0, 0.05) is 10.2 Å². The molecule has 0 aliphatic rings. The SMILES string of the molecule is Cc1cc(C(F)(F)F)n2nc(C(=O)Nc3cnn(COc4ccc(Br)cc4)c3)c(Cl)c2n1. The first-order chi connectivity index (χ1) is 15.1. The molecule has 3 heterocycles. The van der Waals surface area contributed by atoms with Gasteiger partial charge in [-0.1, -0.05) is 27.5 Å². The van der Waals surface area contributed by atoms with Crippen LogP contribution < -0.4 is 10.1 Å². The third-order valence-corrected chi connectivity index (χ3v) is 5.11. The summed E-state index contributed by atoms with van der Waals surface area (Å²) in [6.07, 6.45) is -1.86. The van der Waals surface area contributed by atoms with Crippen molar-refractivity contribution in [1.82, 2.24) is 24.4 Å². The van der Waals surface area contributed by atoms with Crippen molar-refractivity contribution in [2.24, 2.45) is 0 Å². The van der Waals surface area contributed by atoms with Crippen LogP contribution in [0.1, 0.15) is 21.9 Å². The molecule has 166 valence electrons. The number of fused-ring (bicyclic) bond motifs is 1. The maximum atomic E-state index is 13.3. The van der Waals surface area contributed by atoms with Crippen LogP contribution >= 0.6 is 27.5 Å². The van der Waals surface area contributed by atoms with E-state index in [1.807, 2.05) is 12.1 Å². The molecular formula is C19H13BrClF3N6O2. The van der Waals surface area contributed by atoms with E-state index in [9.17, 15) is 18.0 Å². The lowest BCUT2D eigenvalue weighted by atomic mass is 10.3. The van der Waals surface area contributed by atoms with Gasteiger partial charge < -0.3 is 10.1 Å². The molecule has 0 saturated heterocycles. The number of carbonyl (C=O) groups is 1. The molecule has 32 heavy (non-hydrogen) atoms. The number of ether oxygens (including phenoxy) is 1. The molecule has 0 bridgehead atoms. The number of anilines is 1. The minimum absolute atomic E-state index is 0.0742. The number of aryl methyl sites for hydroxylation is 1. The Kier molecular flexibility index (Phi) is 5.82. The first-order valence-electron chi connectivity index (χ1n) is 8.97. The highest BCUT2D eigenvalue weighted by atomic mass is 79.9. The summed E-state index contributed by atoms with van der Waals surface area (Å²) in [5.74, 6) is -0.186. The van der Waals surface area contributed by atoms with Gasteiger partial charge in [-0.25, -0.2) is 14.2 Å². The van der Waals surface area contributed by atoms with Gasteiger partial charge in [0.2, 0.25) is 0 Å². The molecule has 1 amide bonds. The van der Waals surface area contributed by atoms with Crippen molar-refractivity contribution >= 4 is 44.8 Å². The standard InChI is InChI=1S/C19H13BrClF3N6O2/c1-10-6-14(19(22,23)24)30-17(26-10)15(21)16(28-30)18(31)27-12-7-25-29(8-12)9-32-13-4-2-11(20)3-5-13/h2-8H,9H2,1H3,(H,27,31). The molecule has 0 atom stereocenters. The van der Waals surface area contributed by atoms with Crippen LogP contribution in [0.5, 0.6) is 5.75 Å². The number of nitrogens with zero attached hydrogens (tertiary/aromatic N) is 5. The van der Waals surface area contributed by atoms with Crippen molar-refractivity contribution in [2.45, 2.75) is 19.8 Å². The number of hydrogen-bond donors (Lipinski definition) is 1. The normalized spacial score (nSPS) is 11.7. The fourth-order valence-electron chi connectivity index (χ4n) is 2.82. The lowest BCUT2D eigenvalue weighted by Gasteiger charge is -2.09. The minimum atomic E-state index is -4.70. The molecule has 1 aromatic carbocycles. The van der Waals surface area contributed by atoms with Crippen LogP contribution in [-0.2, 0) is 12.9 Å². The van der Waals surface area contributed by atoms with E-state index in [1.54, 1.807) is 12.1 Å². The zero-order chi connectivity index (χ0) is 23.0. The Morgan fingerprint density at radius 1 is 1.28 bits per heavy atom. The first kappa shape index (κ1) is 22.1. The quantitative estimate of drug-likeness (QED) is 0.395. The van der Waals surface area contributed by atoms with E-state index in [0.29, 0.717) is 10.3 Å². The van der Waals surface area contributed by atoms with Gasteiger partial charge in [0.25, 0.3) is 5.91 Å². The van der Waals surface area contributed by atoms with Gasteiger partial charge in [-0.05, 0) is 37.3 Å². The summed E-state index contributed by atoms with van der Waals surface area (Å²) >= 11 is 9.46. The molecule has 0 unspecified atom stereocenters. The maximum absolute atomic E-state index is 13.3. The van der Waals surface area contributed by atoms with Crippen LogP contribution in [0, 0.1) is 6.92 Å². The number of benzene rings is 1. The lowest BCUT2D eigenvalue weighted by molar-refractivity contribution is -0.142. The fraction of sp³-hybridized carbons (Fsp3) is 0.158. The number of amides is 1. The van der Waals surface area contributed by atoms with E-state index in [2.05, 4.69) is 36.4 Å². The van der Waals surface area contributed by atoms with Gasteiger partial charge in [0.05, 0.1) is 18.1 Å². The number of rotatable bonds is 5. The maximum Gasteiger partial charge on any atom is 0.433 e. The Hall–Kier alpha value is -3.12. The summed E-state index contributed by atoms with van der Waals surface area (Å²) in [5, 5.41) is 10.0. The van der Waals surface area contributed by atoms with Gasteiger partial charge >= 0.3 is 6.18 Å². The number of aromatic nitrogens is 5. The predicted octanol–water partition coefficient (Wildman–Crippen LogP) is 4.96. The molecule has 0 aliphatic heterocycles. The number of alkyl halides is 3. The van der Waals surface area contributed by atoms with Crippen LogP contribution in [0.15, 0.2) is 47.2 Å². The highest BCUT2D eigenvalue weighted by molar-refractivity contribution is 9.10. The summed E-state index contributed by atoms with van der Waals surface area (Å²) in [7, 11) is 0. The van der Waals surface area contributed by atoms with Gasteiger partial charge in [0.15, 0.2) is 18.1 Å². The van der Waals surface area contributed by atoms with E-state index >= 15 is 0 Å². The van der Waals surface area contributed by atoms with Crippen molar-refractivity contribution in [3.05, 3.63) is 69.3 Å². The smallest absolute Gasteiger partial charge is 0.433 e. The molecular weight excluding hydrogens is 517 g/mol. The van der Waals surface area contributed by atoms with Crippen molar-refractivity contribution < 1.29 is 22.7 Å². The van der Waals surface area contributed by atoms with E-state index in [0.717, 1.165) is 10.5 Å². The Morgan fingerprint density at radius 2 is 2.00 bits per heavy atom. The third-order valence-electron chi connectivity index (χ3n) is 4.23. The Bertz CT molecular complexity index is 1300. The van der Waals surface area contributed by atoms with Crippen LogP contribution in [0.2, 0.25) is 5.02 Å². The molecule has 1 N–H and O–H groups in total. The third kappa shape index (κ3) is 4.55. The highest BCUT2D eigenvalue weighted by Crippen LogP contribution is 2.32. The van der Waals surface area contributed by atoms with E-state index in [4.69, 9.17) is 16.3 Å². The topological polar surface area (TPSA) is 86.3 Å². The van der Waals surface area contributed by atoms with Crippen LogP contribution in [-0.4, -0.2) is 30.3 Å². The van der Waals surface area contributed by atoms with Crippen molar-refractivity contribution in [2.75, 3.05) is 5.32 Å². The highest BCUT2D eigenvalue weighted by Gasteiger charge is 2.36. The summed E-state index contributed by atoms with van der Waals surface area (Å²) < 4.78 is 48.5. The van der Waals surface area contributed by atoms with Crippen LogP contribution in [0.4, 0.5) is 18.9 Å². The molecule has 0 aliphatic carbocycles. The van der Waals surface area contributed by atoms with Crippen molar-refractivity contribution in [3.63, 3.8) is 0 Å². The largest absolute Gasteiger partial charge is 0.471 e. The summed E-state index contributed by atoms with van der Waals surface area (Å²) in [5.41, 5.74) is -1.37. The number of carbonyl (C=O) groups excluding carboxylic acids is 1. The van der Waals surface area contributed by atoms with E-state index in [1.165, 1.54) is 24.0 Å². The first-order valence-corrected chi connectivity index (χ1v) is 10.1. The van der Waals surface area contributed by atoms with Gasteiger partial charge in [-0.2, -0.15) is 23.4 Å². The fourth-order valence-corrected chi connectivity index (χ4v) is 3.33. The summed E-state index contributed by atoms with van der Waals surface area (Å²) in [6, 6.07) is 8.01. The molecule has 3 aromatic heterocycles. The second kappa shape index (κ2) is 8.43. The zero-order valence-corrected chi connectivity index (χ0v) is 18.5. The number of halogens is 5. The Labute approximate surface area is 192 Å². The number of hydrogen-bond acceptors (Lipinski definition) is 5. The van der Waals surface area contributed by atoms with E-state index in [-0.39, 0.29) is 28.8 Å².